The largest absolute Gasteiger partial charge is 0.404 e. The van der Waals surface area contributed by atoms with Crippen molar-refractivity contribution in [2.75, 3.05) is 6.54 Å². The van der Waals surface area contributed by atoms with Gasteiger partial charge in [-0.25, -0.2) is 4.98 Å². The quantitative estimate of drug-likeness (QED) is 0.802. The minimum Gasteiger partial charge on any atom is -0.404 e. The number of hydrogen-bond acceptors (Lipinski definition) is 5. The molecule has 0 bridgehead atoms. The van der Waals surface area contributed by atoms with Crippen LogP contribution in [0.25, 0.3) is 0 Å². The Labute approximate surface area is 115 Å². The Morgan fingerprint density at radius 3 is 2.81 bits per heavy atom. The second-order valence-corrected chi connectivity index (χ2v) is 5.88. The van der Waals surface area contributed by atoms with Crippen LogP contribution in [-0.4, -0.2) is 22.8 Å². The molecule has 1 heterocycles. The third-order valence-electron chi connectivity index (χ3n) is 1.76. The van der Waals surface area contributed by atoms with Gasteiger partial charge in [0.05, 0.1) is 4.88 Å². The molecular formula is C9H11Br2N3OS. The minimum atomic E-state index is -0.807. The zero-order chi connectivity index (χ0) is 12.1. The molecule has 0 aliphatic carbocycles. The van der Waals surface area contributed by atoms with E-state index < -0.39 is 6.10 Å². The van der Waals surface area contributed by atoms with Crippen LogP contribution < -0.4 is 5.73 Å². The number of nitrogens with zero attached hydrogens (tertiary/aromatic N) is 2. The topological polar surface area (TPSA) is 71.5 Å². The van der Waals surface area contributed by atoms with Gasteiger partial charge in [-0.15, -0.1) is 11.3 Å². The number of thiazole rings is 1. The van der Waals surface area contributed by atoms with Crippen molar-refractivity contribution >= 4 is 49.4 Å². The summed E-state index contributed by atoms with van der Waals surface area (Å²) in [7, 11) is 0. The number of hydrogen-bond donors (Lipinski definition) is 2. The maximum atomic E-state index is 10.1. The van der Waals surface area contributed by atoms with E-state index in [1.165, 1.54) is 17.5 Å². The van der Waals surface area contributed by atoms with Crippen molar-refractivity contribution in [3.63, 3.8) is 0 Å². The summed E-state index contributed by atoms with van der Waals surface area (Å²) < 4.78 is 1.32. The van der Waals surface area contributed by atoms with Gasteiger partial charge in [-0.1, -0.05) is 0 Å². The SMILES string of the molecule is CCN=CC(=CN)C(O)c1sc(Br)nc1Br. The number of aliphatic hydroxyl groups excluding tert-OH is 1. The van der Waals surface area contributed by atoms with Gasteiger partial charge in [-0.2, -0.15) is 0 Å². The van der Waals surface area contributed by atoms with Gasteiger partial charge >= 0.3 is 0 Å². The summed E-state index contributed by atoms with van der Waals surface area (Å²) >= 11 is 7.89. The lowest BCUT2D eigenvalue weighted by atomic mass is 10.1. The smallest absolute Gasteiger partial charge is 0.160 e. The van der Waals surface area contributed by atoms with E-state index in [4.69, 9.17) is 5.73 Å². The molecule has 0 aliphatic rings. The third kappa shape index (κ3) is 3.38. The van der Waals surface area contributed by atoms with Crippen molar-refractivity contribution in [3.05, 3.63) is 25.2 Å². The molecule has 0 saturated heterocycles. The Balaban J connectivity index is 2.96. The van der Waals surface area contributed by atoms with Crippen molar-refractivity contribution in [2.45, 2.75) is 13.0 Å². The summed E-state index contributed by atoms with van der Waals surface area (Å²) in [6, 6.07) is 0. The first-order valence-electron chi connectivity index (χ1n) is 4.51. The number of rotatable bonds is 4. The average molecular weight is 369 g/mol. The first-order chi connectivity index (χ1) is 7.60. The first kappa shape index (κ1) is 13.8. The fourth-order valence-corrected chi connectivity index (χ4v) is 3.40. The lowest BCUT2D eigenvalue weighted by molar-refractivity contribution is 0.225. The van der Waals surface area contributed by atoms with Crippen LogP contribution in [0.5, 0.6) is 0 Å². The lowest BCUT2D eigenvalue weighted by Gasteiger charge is -2.08. The van der Waals surface area contributed by atoms with Crippen LogP contribution in [0.1, 0.15) is 17.9 Å². The van der Waals surface area contributed by atoms with Gasteiger partial charge in [0.2, 0.25) is 0 Å². The van der Waals surface area contributed by atoms with Gasteiger partial charge in [-0.3, -0.25) is 4.99 Å². The van der Waals surface area contributed by atoms with Crippen molar-refractivity contribution < 1.29 is 5.11 Å². The predicted octanol–water partition coefficient (Wildman–Crippen LogP) is 2.63. The molecule has 1 aromatic rings. The summed E-state index contributed by atoms with van der Waals surface area (Å²) in [5.74, 6) is 0. The average Bonchev–Trinajstić information content (AvgIpc) is 2.58. The molecule has 0 fully saturated rings. The second kappa shape index (κ2) is 6.48. The van der Waals surface area contributed by atoms with E-state index in [-0.39, 0.29) is 0 Å². The van der Waals surface area contributed by atoms with E-state index in [1.54, 1.807) is 6.21 Å². The molecule has 0 radical (unpaired) electrons. The molecule has 0 spiro atoms. The normalized spacial score (nSPS) is 14.6. The number of aromatic nitrogens is 1. The molecule has 0 aliphatic heterocycles. The zero-order valence-corrected chi connectivity index (χ0v) is 12.5. The lowest BCUT2D eigenvalue weighted by Crippen LogP contribution is -2.04. The Bertz CT molecular complexity index is 417. The molecule has 1 unspecified atom stereocenters. The molecule has 7 heteroatoms. The molecule has 88 valence electrons. The molecule has 1 aromatic heterocycles. The molecule has 4 nitrogen and oxygen atoms in total. The monoisotopic (exact) mass is 367 g/mol. The van der Waals surface area contributed by atoms with Crippen LogP contribution in [0.4, 0.5) is 0 Å². The summed E-state index contributed by atoms with van der Waals surface area (Å²) in [5.41, 5.74) is 6.01. The fourth-order valence-electron chi connectivity index (χ4n) is 1.01. The van der Waals surface area contributed by atoms with Crippen molar-refractivity contribution in [3.8, 4) is 0 Å². The number of halogens is 2. The predicted molar refractivity (Wildman–Crippen MR) is 73.8 cm³/mol. The van der Waals surface area contributed by atoms with E-state index >= 15 is 0 Å². The molecule has 0 aromatic carbocycles. The molecule has 0 amide bonds. The highest BCUT2D eigenvalue weighted by Crippen LogP contribution is 2.34. The second-order valence-electron chi connectivity index (χ2n) is 2.82. The highest BCUT2D eigenvalue weighted by molar-refractivity contribution is 9.11. The van der Waals surface area contributed by atoms with Crippen molar-refractivity contribution in [1.29, 1.82) is 0 Å². The van der Waals surface area contributed by atoms with Gasteiger partial charge in [0.15, 0.2) is 3.92 Å². The molecule has 3 N–H and O–H groups in total. The first-order valence-corrected chi connectivity index (χ1v) is 6.91. The fraction of sp³-hybridized carbons (Fsp3) is 0.333. The van der Waals surface area contributed by atoms with Crippen LogP contribution in [0.15, 0.2) is 25.3 Å². The standard InChI is InChI=1S/C9H11Br2N3OS/c1-2-13-4-5(3-12)6(15)7-8(10)14-9(11)16-7/h3-4,6,15H,2,12H2,1H3. The van der Waals surface area contributed by atoms with E-state index in [1.807, 2.05) is 6.92 Å². The molecule has 0 saturated carbocycles. The van der Waals surface area contributed by atoms with Crippen molar-refractivity contribution in [1.82, 2.24) is 4.98 Å². The van der Waals surface area contributed by atoms with Gasteiger partial charge in [-0.05, 0) is 38.8 Å². The summed E-state index contributed by atoms with van der Waals surface area (Å²) in [6.07, 6.45) is 2.12. The van der Waals surface area contributed by atoms with Gasteiger partial charge in [0.25, 0.3) is 0 Å². The maximum Gasteiger partial charge on any atom is 0.160 e. The molecule has 1 atom stereocenters. The molecule has 16 heavy (non-hydrogen) atoms. The summed E-state index contributed by atoms with van der Waals surface area (Å²) in [5, 5.41) is 10.1. The van der Waals surface area contributed by atoms with Crippen LogP contribution in [0, 0.1) is 0 Å². The zero-order valence-electron chi connectivity index (χ0n) is 8.52. The van der Waals surface area contributed by atoms with Gasteiger partial charge in [0, 0.05) is 24.5 Å². The highest BCUT2D eigenvalue weighted by atomic mass is 79.9. The number of nitrogens with two attached hydrogens (primary N) is 1. The highest BCUT2D eigenvalue weighted by Gasteiger charge is 2.19. The minimum absolute atomic E-state index is 0.554. The third-order valence-corrected chi connectivity index (χ3v) is 4.19. The summed E-state index contributed by atoms with van der Waals surface area (Å²) in [6.45, 7) is 2.56. The van der Waals surface area contributed by atoms with Crippen LogP contribution in [-0.2, 0) is 0 Å². The number of aliphatic hydroxyl groups is 1. The van der Waals surface area contributed by atoms with Crippen LogP contribution >= 0.6 is 43.2 Å². The van der Waals surface area contributed by atoms with Gasteiger partial charge in [0.1, 0.15) is 10.7 Å². The van der Waals surface area contributed by atoms with E-state index in [0.717, 1.165) is 0 Å². The Kier molecular flexibility index (Phi) is 5.60. The van der Waals surface area contributed by atoms with E-state index in [0.29, 0.717) is 25.5 Å². The van der Waals surface area contributed by atoms with E-state index in [9.17, 15) is 5.11 Å². The van der Waals surface area contributed by atoms with Crippen LogP contribution in [0.2, 0.25) is 0 Å². The Hall–Kier alpha value is -0.240. The maximum absolute atomic E-state index is 10.1. The summed E-state index contributed by atoms with van der Waals surface area (Å²) in [4.78, 5) is 8.86. The van der Waals surface area contributed by atoms with E-state index in [2.05, 4.69) is 41.8 Å². The van der Waals surface area contributed by atoms with Crippen molar-refractivity contribution in [2.24, 2.45) is 10.7 Å². The Morgan fingerprint density at radius 1 is 1.69 bits per heavy atom. The number of aliphatic imine (C=N–C) groups is 1. The van der Waals surface area contributed by atoms with Gasteiger partial charge < -0.3 is 10.8 Å². The molecular weight excluding hydrogens is 358 g/mol. The Morgan fingerprint density at radius 2 is 2.38 bits per heavy atom. The molecule has 1 rings (SSSR count). The van der Waals surface area contributed by atoms with Crippen LogP contribution in [0.3, 0.4) is 0 Å².